The molecule has 0 saturated heterocycles. The summed E-state index contributed by atoms with van der Waals surface area (Å²) in [5, 5.41) is 18.9. The largest absolute Gasteiger partial charge is 0.399 e. The lowest BCUT2D eigenvalue weighted by Crippen LogP contribution is -2.22. The van der Waals surface area contributed by atoms with Crippen LogP contribution in [0.5, 0.6) is 0 Å². The number of carbonyl (C=O) groups is 1. The molecule has 1 saturated carbocycles. The van der Waals surface area contributed by atoms with Crippen LogP contribution in [0.25, 0.3) is 10.9 Å². The zero-order valence-corrected chi connectivity index (χ0v) is 17.8. The number of hydrogen-bond acceptors (Lipinski definition) is 5. The first-order valence-electron chi connectivity index (χ1n) is 11.1. The zero-order chi connectivity index (χ0) is 21.9. The van der Waals surface area contributed by atoms with Crippen molar-refractivity contribution in [1.29, 1.82) is 0 Å². The average Bonchev–Trinajstić information content (AvgIpc) is 3.41. The third kappa shape index (κ3) is 4.44. The number of amides is 1. The third-order valence-electron chi connectivity index (χ3n) is 5.94. The third-order valence-corrected chi connectivity index (χ3v) is 5.94. The van der Waals surface area contributed by atoms with E-state index < -0.39 is 0 Å². The monoisotopic (exact) mass is 429 g/mol. The minimum absolute atomic E-state index is 0.269. The topological polar surface area (TPSA) is 114 Å². The molecule has 1 aliphatic carbocycles. The molecule has 1 aliphatic rings. The number of nitrogens with zero attached hydrogens (tertiary/aromatic N) is 3. The molecule has 8 heteroatoms. The maximum absolute atomic E-state index is 12.9. The van der Waals surface area contributed by atoms with Crippen molar-refractivity contribution >= 4 is 33.9 Å². The van der Waals surface area contributed by atoms with E-state index in [-0.39, 0.29) is 5.91 Å². The molecule has 4 aromatic rings. The fraction of sp³-hybridized carbons (Fsp3) is 0.292. The Hall–Kier alpha value is -3.81. The minimum Gasteiger partial charge on any atom is -0.399 e. The van der Waals surface area contributed by atoms with E-state index in [1.807, 2.05) is 42.5 Å². The van der Waals surface area contributed by atoms with Gasteiger partial charge in [0.1, 0.15) is 0 Å². The highest BCUT2D eigenvalue weighted by Crippen LogP contribution is 2.25. The molecule has 2 aromatic carbocycles. The number of hydrogen-bond donors (Lipinski definition) is 4. The highest BCUT2D eigenvalue weighted by molar-refractivity contribution is 6.11. The van der Waals surface area contributed by atoms with E-state index >= 15 is 0 Å². The minimum atomic E-state index is -0.269. The fourth-order valence-electron chi connectivity index (χ4n) is 4.34. The van der Waals surface area contributed by atoms with Crippen molar-refractivity contribution < 1.29 is 4.79 Å². The number of anilines is 3. The first-order valence-corrected chi connectivity index (χ1v) is 11.1. The van der Waals surface area contributed by atoms with Crippen LogP contribution in [0, 0.1) is 0 Å². The normalized spacial score (nSPS) is 14.5. The van der Waals surface area contributed by atoms with E-state index in [4.69, 9.17) is 5.73 Å². The van der Waals surface area contributed by atoms with Gasteiger partial charge < -0.3 is 16.4 Å². The standard InChI is InChI=1S/C24H27N7O/c25-17-6-4-5-16(11-17)14-31-15-20(13-26-31)28-24(32)23-21-12-19(9-10-22(21)29-30-23)27-18-7-2-1-3-8-18/h4-6,9-13,15,18,27H,1-3,7-8,14,25H2,(H,28,32)(H,29,30). The molecule has 5 rings (SSSR count). The number of fused-ring (bicyclic) bond motifs is 1. The van der Waals surface area contributed by atoms with E-state index in [1.165, 1.54) is 32.1 Å². The number of aromatic amines is 1. The summed E-state index contributed by atoms with van der Waals surface area (Å²) in [6, 6.07) is 14.2. The van der Waals surface area contributed by atoms with Gasteiger partial charge in [0.15, 0.2) is 5.69 Å². The second-order valence-electron chi connectivity index (χ2n) is 8.44. The number of H-pyrrole nitrogens is 1. The van der Waals surface area contributed by atoms with Crippen molar-refractivity contribution in [3.05, 3.63) is 66.1 Å². The number of aromatic nitrogens is 4. The van der Waals surface area contributed by atoms with Crippen molar-refractivity contribution in [3.63, 3.8) is 0 Å². The molecule has 5 N–H and O–H groups in total. The van der Waals surface area contributed by atoms with E-state index in [1.54, 1.807) is 17.1 Å². The first kappa shape index (κ1) is 20.1. The van der Waals surface area contributed by atoms with Crippen molar-refractivity contribution in [3.8, 4) is 0 Å². The van der Waals surface area contributed by atoms with Crippen LogP contribution in [-0.2, 0) is 6.54 Å². The van der Waals surface area contributed by atoms with E-state index in [0.29, 0.717) is 29.7 Å². The molecule has 0 bridgehead atoms. The molecule has 2 heterocycles. The maximum Gasteiger partial charge on any atom is 0.276 e. The Bertz CT molecular complexity index is 1240. The summed E-state index contributed by atoms with van der Waals surface area (Å²) < 4.78 is 1.76. The second kappa shape index (κ2) is 8.74. The van der Waals surface area contributed by atoms with Crippen molar-refractivity contribution in [2.45, 2.75) is 44.7 Å². The predicted molar refractivity (Wildman–Crippen MR) is 127 cm³/mol. The molecule has 8 nitrogen and oxygen atoms in total. The first-order chi connectivity index (χ1) is 15.6. The Morgan fingerprint density at radius 2 is 2.00 bits per heavy atom. The number of nitrogen functional groups attached to an aromatic ring is 1. The molecule has 2 aromatic heterocycles. The summed E-state index contributed by atoms with van der Waals surface area (Å²) in [5.41, 5.74) is 10.4. The van der Waals surface area contributed by atoms with Crippen LogP contribution in [-0.4, -0.2) is 31.9 Å². The van der Waals surface area contributed by atoms with Gasteiger partial charge in [-0.1, -0.05) is 31.4 Å². The van der Waals surface area contributed by atoms with E-state index in [2.05, 4.69) is 25.9 Å². The summed E-state index contributed by atoms with van der Waals surface area (Å²) in [6.07, 6.45) is 9.67. The maximum atomic E-state index is 12.9. The predicted octanol–water partition coefficient (Wildman–Crippen LogP) is 4.39. The van der Waals surface area contributed by atoms with E-state index in [0.717, 1.165) is 22.2 Å². The van der Waals surface area contributed by atoms with Gasteiger partial charge >= 0.3 is 0 Å². The van der Waals surface area contributed by atoms with Crippen LogP contribution in [0.3, 0.4) is 0 Å². The number of rotatable bonds is 6. The Balaban J connectivity index is 1.29. The number of benzene rings is 2. The van der Waals surface area contributed by atoms with Crippen molar-refractivity contribution in [2.24, 2.45) is 0 Å². The Morgan fingerprint density at radius 3 is 2.84 bits per heavy atom. The highest BCUT2D eigenvalue weighted by atomic mass is 16.2. The molecule has 0 aliphatic heterocycles. The lowest BCUT2D eigenvalue weighted by Gasteiger charge is -2.23. The van der Waals surface area contributed by atoms with Gasteiger partial charge in [0.05, 0.1) is 23.9 Å². The van der Waals surface area contributed by atoms with Crippen LogP contribution < -0.4 is 16.4 Å². The molecular formula is C24H27N7O. The van der Waals surface area contributed by atoms with Crippen LogP contribution >= 0.6 is 0 Å². The highest BCUT2D eigenvalue weighted by Gasteiger charge is 2.17. The molecule has 32 heavy (non-hydrogen) atoms. The van der Waals surface area contributed by atoms with Crippen LogP contribution in [0.4, 0.5) is 17.1 Å². The van der Waals surface area contributed by atoms with Gasteiger partial charge in [-0.25, -0.2) is 0 Å². The SMILES string of the molecule is Nc1cccc(Cn2cc(NC(=O)c3n[nH]c4ccc(NC5CCCCC5)cc34)cn2)c1. The summed E-state index contributed by atoms with van der Waals surface area (Å²) in [5.74, 6) is -0.269. The van der Waals surface area contributed by atoms with Crippen molar-refractivity contribution in [1.82, 2.24) is 20.0 Å². The second-order valence-corrected chi connectivity index (χ2v) is 8.44. The van der Waals surface area contributed by atoms with Crippen LogP contribution in [0.15, 0.2) is 54.9 Å². The molecule has 0 radical (unpaired) electrons. The molecule has 0 atom stereocenters. The van der Waals surface area contributed by atoms with Crippen LogP contribution in [0.2, 0.25) is 0 Å². The molecule has 1 amide bonds. The summed E-state index contributed by atoms with van der Waals surface area (Å²) in [6.45, 7) is 0.572. The number of carbonyl (C=O) groups excluding carboxylic acids is 1. The summed E-state index contributed by atoms with van der Waals surface area (Å²) in [7, 11) is 0. The number of nitrogens with two attached hydrogens (primary N) is 1. The molecule has 1 fully saturated rings. The van der Waals surface area contributed by atoms with Gasteiger partial charge in [0.2, 0.25) is 0 Å². The summed E-state index contributed by atoms with van der Waals surface area (Å²) >= 11 is 0. The summed E-state index contributed by atoms with van der Waals surface area (Å²) in [4.78, 5) is 12.9. The average molecular weight is 430 g/mol. The smallest absolute Gasteiger partial charge is 0.276 e. The number of nitrogens with one attached hydrogen (secondary N) is 3. The van der Waals surface area contributed by atoms with E-state index in [9.17, 15) is 4.79 Å². The van der Waals surface area contributed by atoms with Gasteiger partial charge in [-0.15, -0.1) is 0 Å². The van der Waals surface area contributed by atoms with Crippen molar-refractivity contribution in [2.75, 3.05) is 16.4 Å². The van der Waals surface area contributed by atoms with Gasteiger partial charge in [0.25, 0.3) is 5.91 Å². The van der Waals surface area contributed by atoms with Gasteiger partial charge in [-0.2, -0.15) is 10.2 Å². The zero-order valence-electron chi connectivity index (χ0n) is 17.8. The van der Waals surface area contributed by atoms with Gasteiger partial charge in [0, 0.05) is 29.0 Å². The Kier molecular flexibility index (Phi) is 5.49. The van der Waals surface area contributed by atoms with Gasteiger partial charge in [-0.05, 0) is 48.7 Å². The van der Waals surface area contributed by atoms with Gasteiger partial charge in [-0.3, -0.25) is 14.6 Å². The lowest BCUT2D eigenvalue weighted by atomic mass is 9.95. The van der Waals surface area contributed by atoms with Crippen LogP contribution in [0.1, 0.15) is 48.2 Å². The Labute approximate surface area is 186 Å². The molecular weight excluding hydrogens is 402 g/mol. The lowest BCUT2D eigenvalue weighted by molar-refractivity contribution is 0.102. The molecule has 164 valence electrons. The Morgan fingerprint density at radius 1 is 1.12 bits per heavy atom. The molecule has 0 unspecified atom stereocenters. The molecule has 0 spiro atoms. The quantitative estimate of drug-likeness (QED) is 0.340. The fourth-order valence-corrected chi connectivity index (χ4v) is 4.34.